The third-order valence-electron chi connectivity index (χ3n) is 3.90. The number of nitrogens with zero attached hydrogens (tertiary/aromatic N) is 3. The Morgan fingerprint density at radius 3 is 2.04 bits per heavy atom. The summed E-state index contributed by atoms with van der Waals surface area (Å²) >= 11 is 0. The van der Waals surface area contributed by atoms with Crippen molar-refractivity contribution in [1.29, 1.82) is 0 Å². The van der Waals surface area contributed by atoms with Gasteiger partial charge in [0.25, 0.3) is 5.91 Å². The third kappa shape index (κ3) is 2.13. The minimum absolute atomic E-state index is 0.0235. The second-order valence-corrected chi connectivity index (χ2v) is 7.26. The topological polar surface area (TPSA) is 72.3 Å². The lowest BCUT2D eigenvalue weighted by molar-refractivity contribution is -0.118. The molecule has 0 bridgehead atoms. The zero-order valence-corrected chi connectivity index (χ0v) is 13.3. The number of carbonyl (C=O) groups is 1. The number of hydrogen-bond donors (Lipinski definition) is 0. The molecular formula is C17H13N3O3S. The van der Waals surface area contributed by atoms with E-state index in [9.17, 15) is 13.2 Å². The summed E-state index contributed by atoms with van der Waals surface area (Å²) < 4.78 is 27.2. The number of para-hydroxylation sites is 2. The SMILES string of the molecule is O=C(Cn1cccn1)N1c2ccccc2S(=O)(=O)c2ccccc21. The molecule has 0 saturated heterocycles. The van der Waals surface area contributed by atoms with Crippen LogP contribution in [-0.4, -0.2) is 24.1 Å². The first-order valence-corrected chi connectivity index (χ1v) is 8.81. The summed E-state index contributed by atoms with van der Waals surface area (Å²) in [6, 6.07) is 14.8. The minimum atomic E-state index is -3.65. The molecular weight excluding hydrogens is 326 g/mol. The van der Waals surface area contributed by atoms with Crippen LogP contribution in [0.1, 0.15) is 0 Å². The summed E-state index contributed by atoms with van der Waals surface area (Å²) in [5, 5.41) is 4.04. The van der Waals surface area contributed by atoms with Gasteiger partial charge in [-0.1, -0.05) is 24.3 Å². The van der Waals surface area contributed by atoms with Crippen LogP contribution in [0.2, 0.25) is 0 Å². The molecule has 0 spiro atoms. The van der Waals surface area contributed by atoms with Crippen LogP contribution in [0.3, 0.4) is 0 Å². The predicted molar refractivity (Wildman–Crippen MR) is 87.7 cm³/mol. The molecule has 1 aliphatic heterocycles. The van der Waals surface area contributed by atoms with E-state index in [0.29, 0.717) is 11.4 Å². The molecule has 0 unspecified atom stereocenters. The maximum absolute atomic E-state index is 12.9. The van der Waals surface area contributed by atoms with Crippen molar-refractivity contribution in [2.75, 3.05) is 4.90 Å². The molecule has 3 aromatic rings. The van der Waals surface area contributed by atoms with E-state index in [1.165, 1.54) is 21.7 Å². The molecule has 0 fully saturated rings. The van der Waals surface area contributed by atoms with Crippen LogP contribution in [0.4, 0.5) is 11.4 Å². The zero-order chi connectivity index (χ0) is 16.7. The van der Waals surface area contributed by atoms with Crippen LogP contribution in [-0.2, 0) is 21.2 Å². The molecule has 0 aliphatic carbocycles. The van der Waals surface area contributed by atoms with Crippen LogP contribution >= 0.6 is 0 Å². The van der Waals surface area contributed by atoms with Crippen molar-refractivity contribution in [2.24, 2.45) is 0 Å². The Bertz CT molecular complexity index is 973. The first-order chi connectivity index (χ1) is 11.6. The molecule has 7 heteroatoms. The van der Waals surface area contributed by atoms with Gasteiger partial charge in [0.2, 0.25) is 9.84 Å². The number of carbonyl (C=O) groups excluding carboxylic acids is 1. The Labute approximate surface area is 138 Å². The van der Waals surface area contributed by atoms with Crippen LogP contribution in [0.5, 0.6) is 0 Å². The van der Waals surface area contributed by atoms with Gasteiger partial charge in [0.1, 0.15) is 6.54 Å². The monoisotopic (exact) mass is 339 g/mol. The lowest BCUT2D eigenvalue weighted by Gasteiger charge is -2.31. The molecule has 0 saturated carbocycles. The lowest BCUT2D eigenvalue weighted by atomic mass is 10.2. The van der Waals surface area contributed by atoms with Gasteiger partial charge in [0.15, 0.2) is 0 Å². The summed E-state index contributed by atoms with van der Waals surface area (Å²) in [6.45, 7) is 0.0235. The zero-order valence-electron chi connectivity index (χ0n) is 12.5. The molecule has 2 aromatic carbocycles. The van der Waals surface area contributed by atoms with E-state index < -0.39 is 9.84 Å². The highest BCUT2D eigenvalue weighted by Gasteiger charge is 2.36. The quantitative estimate of drug-likeness (QED) is 0.719. The summed E-state index contributed by atoms with van der Waals surface area (Å²) in [4.78, 5) is 14.6. The van der Waals surface area contributed by atoms with Gasteiger partial charge in [0, 0.05) is 12.4 Å². The first kappa shape index (κ1) is 14.6. The van der Waals surface area contributed by atoms with E-state index in [-0.39, 0.29) is 22.2 Å². The molecule has 1 amide bonds. The molecule has 24 heavy (non-hydrogen) atoms. The smallest absolute Gasteiger partial charge is 0.253 e. The molecule has 1 aliphatic rings. The second kappa shape index (κ2) is 5.31. The molecule has 4 rings (SSSR count). The number of aromatic nitrogens is 2. The third-order valence-corrected chi connectivity index (χ3v) is 5.75. The van der Waals surface area contributed by atoms with E-state index in [2.05, 4.69) is 5.10 Å². The highest BCUT2D eigenvalue weighted by atomic mass is 32.2. The lowest BCUT2D eigenvalue weighted by Crippen LogP contribution is -2.34. The molecule has 2 heterocycles. The molecule has 6 nitrogen and oxygen atoms in total. The van der Waals surface area contributed by atoms with Crippen molar-refractivity contribution in [3.8, 4) is 0 Å². The van der Waals surface area contributed by atoms with Gasteiger partial charge in [0.05, 0.1) is 21.2 Å². The fourth-order valence-electron chi connectivity index (χ4n) is 2.86. The van der Waals surface area contributed by atoms with Crippen LogP contribution < -0.4 is 4.90 Å². The van der Waals surface area contributed by atoms with Gasteiger partial charge < -0.3 is 0 Å². The normalized spacial score (nSPS) is 14.8. The Balaban J connectivity index is 1.90. The standard InChI is InChI=1S/C17H13N3O3S/c21-17(12-19-11-5-10-18-19)20-13-6-1-3-8-15(13)24(22,23)16-9-4-2-7-14(16)20/h1-11H,12H2. The fraction of sp³-hybridized carbons (Fsp3) is 0.0588. The second-order valence-electron chi connectivity index (χ2n) is 5.37. The Morgan fingerprint density at radius 1 is 0.917 bits per heavy atom. The van der Waals surface area contributed by atoms with Crippen molar-refractivity contribution < 1.29 is 13.2 Å². The average molecular weight is 339 g/mol. The first-order valence-electron chi connectivity index (χ1n) is 7.32. The maximum Gasteiger partial charge on any atom is 0.253 e. The van der Waals surface area contributed by atoms with E-state index in [4.69, 9.17) is 0 Å². The predicted octanol–water partition coefficient (Wildman–Crippen LogP) is 2.39. The van der Waals surface area contributed by atoms with Crippen LogP contribution in [0.15, 0.2) is 76.8 Å². The number of amides is 1. The van der Waals surface area contributed by atoms with Crippen molar-refractivity contribution >= 4 is 27.1 Å². The van der Waals surface area contributed by atoms with Gasteiger partial charge in [-0.25, -0.2) is 8.42 Å². The van der Waals surface area contributed by atoms with Crippen molar-refractivity contribution in [1.82, 2.24) is 9.78 Å². The summed E-state index contributed by atoms with van der Waals surface area (Å²) in [7, 11) is -3.65. The van der Waals surface area contributed by atoms with Crippen molar-refractivity contribution in [2.45, 2.75) is 16.3 Å². The molecule has 120 valence electrons. The summed E-state index contributed by atoms with van der Waals surface area (Å²) in [5.74, 6) is -0.256. The van der Waals surface area contributed by atoms with Gasteiger partial charge in [-0.05, 0) is 30.3 Å². The number of fused-ring (bicyclic) bond motifs is 2. The number of sulfone groups is 1. The van der Waals surface area contributed by atoms with E-state index in [0.717, 1.165) is 0 Å². The molecule has 1 aromatic heterocycles. The van der Waals surface area contributed by atoms with E-state index in [1.54, 1.807) is 54.9 Å². The number of benzene rings is 2. The summed E-state index contributed by atoms with van der Waals surface area (Å²) in [5.41, 5.74) is 0.738. The fourth-order valence-corrected chi connectivity index (χ4v) is 4.48. The van der Waals surface area contributed by atoms with Crippen LogP contribution in [0.25, 0.3) is 0 Å². The largest absolute Gasteiger partial charge is 0.277 e. The number of rotatable bonds is 2. The van der Waals surface area contributed by atoms with Gasteiger partial charge in [-0.3, -0.25) is 14.4 Å². The molecule has 0 atom stereocenters. The van der Waals surface area contributed by atoms with Crippen LogP contribution in [0, 0.1) is 0 Å². The van der Waals surface area contributed by atoms with Gasteiger partial charge in [-0.2, -0.15) is 5.10 Å². The summed E-state index contributed by atoms with van der Waals surface area (Å²) in [6.07, 6.45) is 3.28. The van der Waals surface area contributed by atoms with Gasteiger partial charge >= 0.3 is 0 Å². The highest BCUT2D eigenvalue weighted by Crippen LogP contribution is 2.43. The minimum Gasteiger partial charge on any atom is -0.277 e. The Morgan fingerprint density at radius 2 is 1.50 bits per heavy atom. The number of anilines is 2. The number of hydrogen-bond acceptors (Lipinski definition) is 4. The average Bonchev–Trinajstić information content (AvgIpc) is 3.08. The molecule has 0 N–H and O–H groups in total. The molecule has 0 radical (unpaired) electrons. The maximum atomic E-state index is 12.9. The van der Waals surface area contributed by atoms with E-state index >= 15 is 0 Å². The van der Waals surface area contributed by atoms with Gasteiger partial charge in [-0.15, -0.1) is 0 Å². The van der Waals surface area contributed by atoms with Crippen molar-refractivity contribution in [3.05, 3.63) is 67.0 Å². The highest BCUT2D eigenvalue weighted by molar-refractivity contribution is 7.92. The Kier molecular flexibility index (Phi) is 3.24. The van der Waals surface area contributed by atoms with Crippen molar-refractivity contribution in [3.63, 3.8) is 0 Å². The Hall–Kier alpha value is -2.93. The van der Waals surface area contributed by atoms with E-state index in [1.807, 2.05) is 0 Å².